The van der Waals surface area contributed by atoms with Gasteiger partial charge in [-0.1, -0.05) is 23.2 Å². The number of ether oxygens (including phenoxy) is 1. The van der Waals surface area contributed by atoms with Crippen LogP contribution in [0.15, 0.2) is 28.8 Å². The lowest BCUT2D eigenvalue weighted by Gasteiger charge is -2.34. The van der Waals surface area contributed by atoms with Gasteiger partial charge in [-0.25, -0.2) is 4.98 Å². The first kappa shape index (κ1) is 24.8. The van der Waals surface area contributed by atoms with Crippen LogP contribution in [0.3, 0.4) is 0 Å². The minimum Gasteiger partial charge on any atom is -0.441 e. The van der Waals surface area contributed by atoms with Crippen LogP contribution in [-0.4, -0.2) is 72.8 Å². The molecular formula is C21H24Cl2F3N3O3. The number of piperazine rings is 1. The van der Waals surface area contributed by atoms with E-state index in [0.29, 0.717) is 72.8 Å². The summed E-state index contributed by atoms with van der Waals surface area (Å²) < 4.78 is 46.5. The topological polar surface area (TPSA) is 58.8 Å². The van der Waals surface area contributed by atoms with Crippen molar-refractivity contribution in [3.63, 3.8) is 0 Å². The van der Waals surface area contributed by atoms with Gasteiger partial charge in [0, 0.05) is 62.8 Å². The fourth-order valence-corrected chi connectivity index (χ4v) is 3.91. The quantitative estimate of drug-likeness (QED) is 0.474. The second-order valence-corrected chi connectivity index (χ2v) is 8.33. The summed E-state index contributed by atoms with van der Waals surface area (Å²) in [5.74, 6) is 0.987. The van der Waals surface area contributed by atoms with Gasteiger partial charge in [-0.05, 0) is 24.6 Å². The molecular weight excluding hydrogens is 470 g/mol. The molecule has 1 aliphatic heterocycles. The Morgan fingerprint density at radius 1 is 1.19 bits per heavy atom. The SMILES string of the molecule is O=C(CCc1ncc(-c2ccc(Cl)cc2Cl)o1)N1CCN(CCCOCC(F)(F)F)CC1. The third-order valence-corrected chi connectivity index (χ3v) is 5.60. The highest BCUT2D eigenvalue weighted by molar-refractivity contribution is 6.36. The molecule has 0 saturated carbocycles. The van der Waals surface area contributed by atoms with E-state index in [1.807, 2.05) is 0 Å². The Labute approximate surface area is 194 Å². The van der Waals surface area contributed by atoms with Gasteiger partial charge < -0.3 is 14.1 Å². The van der Waals surface area contributed by atoms with E-state index in [0.717, 1.165) is 0 Å². The molecule has 0 spiro atoms. The number of hydrogen-bond acceptors (Lipinski definition) is 5. The first-order chi connectivity index (χ1) is 15.2. The molecule has 0 bridgehead atoms. The molecule has 1 aromatic heterocycles. The average Bonchev–Trinajstić information content (AvgIpc) is 3.20. The highest BCUT2D eigenvalue weighted by atomic mass is 35.5. The van der Waals surface area contributed by atoms with Gasteiger partial charge >= 0.3 is 6.18 Å². The molecule has 0 N–H and O–H groups in total. The van der Waals surface area contributed by atoms with Crippen LogP contribution in [0.4, 0.5) is 13.2 Å². The van der Waals surface area contributed by atoms with Crippen molar-refractivity contribution < 1.29 is 27.1 Å². The van der Waals surface area contributed by atoms with E-state index >= 15 is 0 Å². The summed E-state index contributed by atoms with van der Waals surface area (Å²) in [6.45, 7) is 2.03. The predicted molar refractivity (Wildman–Crippen MR) is 115 cm³/mol. The average molecular weight is 494 g/mol. The molecule has 6 nitrogen and oxygen atoms in total. The minimum atomic E-state index is -4.29. The molecule has 0 unspecified atom stereocenters. The van der Waals surface area contributed by atoms with Gasteiger partial charge in [0.1, 0.15) is 6.61 Å². The maximum atomic E-state index is 12.5. The van der Waals surface area contributed by atoms with Crippen molar-refractivity contribution in [2.45, 2.75) is 25.4 Å². The third-order valence-electron chi connectivity index (χ3n) is 5.06. The number of alkyl halides is 3. The summed E-state index contributed by atoms with van der Waals surface area (Å²) in [5, 5.41) is 0.986. The monoisotopic (exact) mass is 493 g/mol. The Morgan fingerprint density at radius 2 is 1.94 bits per heavy atom. The van der Waals surface area contributed by atoms with Crippen molar-refractivity contribution >= 4 is 29.1 Å². The van der Waals surface area contributed by atoms with Crippen LogP contribution in [0.25, 0.3) is 11.3 Å². The summed E-state index contributed by atoms with van der Waals surface area (Å²) in [4.78, 5) is 20.7. The molecule has 1 amide bonds. The molecule has 0 radical (unpaired) electrons. The fraction of sp³-hybridized carbons (Fsp3) is 0.524. The molecule has 1 fully saturated rings. The van der Waals surface area contributed by atoms with Crippen molar-refractivity contribution in [2.24, 2.45) is 0 Å². The van der Waals surface area contributed by atoms with Gasteiger partial charge in [-0.15, -0.1) is 0 Å². The summed E-state index contributed by atoms with van der Waals surface area (Å²) in [6, 6.07) is 5.09. The van der Waals surface area contributed by atoms with Gasteiger partial charge in [-0.2, -0.15) is 13.2 Å². The highest BCUT2D eigenvalue weighted by Crippen LogP contribution is 2.30. The molecule has 0 atom stereocenters. The van der Waals surface area contributed by atoms with Crippen molar-refractivity contribution in [2.75, 3.05) is 45.9 Å². The zero-order valence-electron chi connectivity index (χ0n) is 17.3. The zero-order chi connectivity index (χ0) is 23.1. The number of aromatic nitrogens is 1. The number of carbonyl (C=O) groups is 1. The molecule has 32 heavy (non-hydrogen) atoms. The van der Waals surface area contributed by atoms with Gasteiger partial charge in [-0.3, -0.25) is 9.69 Å². The number of halogens is 5. The number of carbonyl (C=O) groups excluding carboxylic acids is 1. The van der Waals surface area contributed by atoms with Crippen molar-refractivity contribution in [1.29, 1.82) is 0 Å². The standard InChI is InChI=1S/C21H24Cl2F3N3O3/c22-15-2-3-16(17(23)12-15)18-13-27-19(32-18)4-5-20(30)29-9-7-28(8-10-29)6-1-11-31-14-21(24,25)26/h2-3,12-13H,1,4-11,14H2. The first-order valence-electron chi connectivity index (χ1n) is 10.3. The van der Waals surface area contributed by atoms with Crippen molar-refractivity contribution in [3.05, 3.63) is 40.3 Å². The van der Waals surface area contributed by atoms with E-state index in [-0.39, 0.29) is 18.9 Å². The predicted octanol–water partition coefficient (Wildman–Crippen LogP) is 4.69. The summed E-state index contributed by atoms with van der Waals surface area (Å²) >= 11 is 12.1. The second-order valence-electron chi connectivity index (χ2n) is 7.49. The van der Waals surface area contributed by atoms with E-state index in [1.165, 1.54) is 0 Å². The van der Waals surface area contributed by atoms with Crippen LogP contribution < -0.4 is 0 Å². The third kappa shape index (κ3) is 7.65. The maximum absolute atomic E-state index is 12.5. The number of aryl methyl sites for hydroxylation is 1. The van der Waals surface area contributed by atoms with E-state index in [9.17, 15) is 18.0 Å². The summed E-state index contributed by atoms with van der Waals surface area (Å²) in [5.41, 5.74) is 0.682. The van der Waals surface area contributed by atoms with Crippen LogP contribution in [0.5, 0.6) is 0 Å². The van der Waals surface area contributed by atoms with Gasteiger partial charge in [0.05, 0.1) is 11.2 Å². The lowest BCUT2D eigenvalue weighted by molar-refractivity contribution is -0.174. The largest absolute Gasteiger partial charge is 0.441 e. The number of amides is 1. The molecule has 176 valence electrons. The number of benzene rings is 1. The zero-order valence-corrected chi connectivity index (χ0v) is 18.8. The molecule has 0 aliphatic carbocycles. The molecule has 3 rings (SSSR count). The van der Waals surface area contributed by atoms with E-state index in [4.69, 9.17) is 27.6 Å². The minimum absolute atomic E-state index is 0.0161. The van der Waals surface area contributed by atoms with Crippen LogP contribution in [0.2, 0.25) is 10.0 Å². The Bertz CT molecular complexity index is 900. The number of hydrogen-bond donors (Lipinski definition) is 0. The highest BCUT2D eigenvalue weighted by Gasteiger charge is 2.27. The molecule has 11 heteroatoms. The lowest BCUT2D eigenvalue weighted by atomic mass is 10.2. The lowest BCUT2D eigenvalue weighted by Crippen LogP contribution is -2.49. The van der Waals surface area contributed by atoms with E-state index < -0.39 is 12.8 Å². The Hall–Kier alpha value is -1.81. The van der Waals surface area contributed by atoms with Gasteiger partial charge in [0.2, 0.25) is 5.91 Å². The molecule has 2 aromatic rings. The van der Waals surface area contributed by atoms with E-state index in [2.05, 4.69) is 14.6 Å². The smallest absolute Gasteiger partial charge is 0.411 e. The molecule has 1 saturated heterocycles. The Kier molecular flexibility index (Phi) is 8.81. The van der Waals surface area contributed by atoms with Crippen molar-refractivity contribution in [3.8, 4) is 11.3 Å². The Balaban J connectivity index is 1.36. The summed E-state index contributed by atoms with van der Waals surface area (Å²) in [6.07, 6.45) is -1.54. The maximum Gasteiger partial charge on any atom is 0.411 e. The molecule has 1 aliphatic rings. The molecule has 2 heterocycles. The van der Waals surface area contributed by atoms with Crippen LogP contribution in [-0.2, 0) is 16.0 Å². The summed E-state index contributed by atoms with van der Waals surface area (Å²) in [7, 11) is 0. The van der Waals surface area contributed by atoms with E-state index in [1.54, 1.807) is 29.3 Å². The fourth-order valence-electron chi connectivity index (χ4n) is 3.41. The van der Waals surface area contributed by atoms with Gasteiger partial charge in [0.15, 0.2) is 11.7 Å². The van der Waals surface area contributed by atoms with Gasteiger partial charge in [0.25, 0.3) is 0 Å². The number of nitrogens with zero attached hydrogens (tertiary/aromatic N) is 3. The normalized spacial score (nSPS) is 15.3. The van der Waals surface area contributed by atoms with Crippen LogP contribution >= 0.6 is 23.2 Å². The Morgan fingerprint density at radius 3 is 2.62 bits per heavy atom. The van der Waals surface area contributed by atoms with Crippen LogP contribution in [0.1, 0.15) is 18.7 Å². The molecule has 1 aromatic carbocycles. The van der Waals surface area contributed by atoms with Crippen molar-refractivity contribution in [1.82, 2.24) is 14.8 Å². The number of oxazole rings is 1. The van der Waals surface area contributed by atoms with Crippen LogP contribution in [0, 0.1) is 0 Å². The number of rotatable bonds is 9. The first-order valence-corrected chi connectivity index (χ1v) is 11.0. The second kappa shape index (κ2) is 11.4.